The van der Waals surface area contributed by atoms with Crippen molar-refractivity contribution in [3.63, 3.8) is 0 Å². The maximum absolute atomic E-state index is 11.2. The number of carbonyl (C=O) groups is 2. The summed E-state index contributed by atoms with van der Waals surface area (Å²) in [5.41, 5.74) is 0. The lowest BCUT2D eigenvalue weighted by molar-refractivity contribution is -0.139. The van der Waals surface area contributed by atoms with Crippen molar-refractivity contribution in [2.45, 2.75) is 13.0 Å². The van der Waals surface area contributed by atoms with Gasteiger partial charge in [-0.05, 0) is 13.0 Å². The fourth-order valence-electron chi connectivity index (χ4n) is 1.20. The first-order valence-electron chi connectivity index (χ1n) is 3.87. The van der Waals surface area contributed by atoms with Gasteiger partial charge < -0.3 is 10.2 Å². The van der Waals surface area contributed by atoms with E-state index in [4.69, 9.17) is 0 Å². The summed E-state index contributed by atoms with van der Waals surface area (Å²) in [6.45, 7) is 6.17. The third kappa shape index (κ3) is 1.47. The van der Waals surface area contributed by atoms with Gasteiger partial charge in [-0.15, -0.1) is 0 Å². The van der Waals surface area contributed by atoms with E-state index < -0.39 is 0 Å². The van der Waals surface area contributed by atoms with Crippen molar-refractivity contribution in [1.82, 2.24) is 10.2 Å². The SMILES string of the molecule is C=CC(=O)N1CCNC(=O)[C@@H]1C. The number of amides is 2. The minimum absolute atomic E-state index is 0.101. The number of nitrogens with zero attached hydrogens (tertiary/aromatic N) is 1. The summed E-state index contributed by atoms with van der Waals surface area (Å²) in [6.07, 6.45) is 1.23. The lowest BCUT2D eigenvalue weighted by Gasteiger charge is -2.31. The second-order valence-corrected chi connectivity index (χ2v) is 2.70. The molecule has 0 spiro atoms. The van der Waals surface area contributed by atoms with Crippen LogP contribution in [0, 0.1) is 0 Å². The molecule has 0 saturated carbocycles. The van der Waals surface area contributed by atoms with E-state index in [1.165, 1.54) is 11.0 Å². The Morgan fingerprint density at radius 2 is 2.50 bits per heavy atom. The normalized spacial score (nSPS) is 23.2. The molecular formula is C8H12N2O2. The van der Waals surface area contributed by atoms with Crippen LogP contribution in [0.4, 0.5) is 0 Å². The Morgan fingerprint density at radius 3 is 3.08 bits per heavy atom. The topological polar surface area (TPSA) is 49.4 Å². The van der Waals surface area contributed by atoms with Crippen LogP contribution >= 0.6 is 0 Å². The van der Waals surface area contributed by atoms with Crippen LogP contribution in [0.25, 0.3) is 0 Å². The van der Waals surface area contributed by atoms with Gasteiger partial charge in [0.15, 0.2) is 0 Å². The third-order valence-corrected chi connectivity index (χ3v) is 1.96. The molecule has 0 aromatic heterocycles. The summed E-state index contributed by atoms with van der Waals surface area (Å²) >= 11 is 0. The fourth-order valence-corrected chi connectivity index (χ4v) is 1.20. The van der Waals surface area contributed by atoms with Crippen molar-refractivity contribution < 1.29 is 9.59 Å². The van der Waals surface area contributed by atoms with Crippen molar-refractivity contribution in [1.29, 1.82) is 0 Å². The van der Waals surface area contributed by atoms with Crippen LogP contribution in [0.5, 0.6) is 0 Å². The smallest absolute Gasteiger partial charge is 0.246 e. The standard InChI is InChI=1S/C8H12N2O2/c1-3-7(11)10-5-4-9-8(12)6(10)2/h3,6H,1,4-5H2,2H3,(H,9,12)/t6-/m0/s1. The van der Waals surface area contributed by atoms with E-state index in [0.717, 1.165) is 0 Å². The van der Waals surface area contributed by atoms with Crippen LogP contribution in [-0.2, 0) is 9.59 Å². The molecule has 1 N–H and O–H groups in total. The highest BCUT2D eigenvalue weighted by Gasteiger charge is 2.27. The summed E-state index contributed by atoms with van der Waals surface area (Å²) in [6, 6.07) is -0.371. The highest BCUT2D eigenvalue weighted by molar-refractivity contribution is 5.93. The Labute approximate surface area is 71.2 Å². The Kier molecular flexibility index (Phi) is 2.47. The molecule has 0 aromatic carbocycles. The molecule has 1 saturated heterocycles. The largest absolute Gasteiger partial charge is 0.353 e. The Bertz CT molecular complexity index is 225. The fraction of sp³-hybridized carbons (Fsp3) is 0.500. The molecule has 1 heterocycles. The van der Waals surface area contributed by atoms with E-state index in [0.29, 0.717) is 13.1 Å². The molecule has 4 heteroatoms. The van der Waals surface area contributed by atoms with Gasteiger partial charge in [0, 0.05) is 13.1 Å². The summed E-state index contributed by atoms with van der Waals surface area (Å²) in [5, 5.41) is 2.67. The van der Waals surface area contributed by atoms with Crippen LogP contribution in [-0.4, -0.2) is 35.8 Å². The summed E-state index contributed by atoms with van der Waals surface area (Å²) in [4.78, 5) is 23.7. The molecule has 0 bridgehead atoms. The van der Waals surface area contributed by atoms with E-state index in [-0.39, 0.29) is 17.9 Å². The van der Waals surface area contributed by atoms with Gasteiger partial charge in [-0.25, -0.2) is 0 Å². The van der Waals surface area contributed by atoms with Gasteiger partial charge in [-0.2, -0.15) is 0 Å². The molecule has 1 atom stereocenters. The van der Waals surface area contributed by atoms with Crippen molar-refractivity contribution >= 4 is 11.8 Å². The zero-order valence-electron chi connectivity index (χ0n) is 7.04. The second kappa shape index (κ2) is 3.38. The number of carbonyl (C=O) groups excluding carboxylic acids is 2. The highest BCUT2D eigenvalue weighted by Crippen LogP contribution is 2.03. The van der Waals surface area contributed by atoms with Crippen LogP contribution in [0.3, 0.4) is 0 Å². The minimum Gasteiger partial charge on any atom is -0.353 e. The zero-order chi connectivity index (χ0) is 9.14. The third-order valence-electron chi connectivity index (χ3n) is 1.96. The van der Waals surface area contributed by atoms with Crippen LogP contribution in [0.2, 0.25) is 0 Å². The van der Waals surface area contributed by atoms with Gasteiger partial charge in [-0.3, -0.25) is 9.59 Å². The summed E-state index contributed by atoms with van der Waals surface area (Å²) in [5.74, 6) is -0.284. The first-order chi connectivity index (χ1) is 5.66. The first-order valence-corrected chi connectivity index (χ1v) is 3.87. The van der Waals surface area contributed by atoms with Crippen molar-refractivity contribution in [2.24, 2.45) is 0 Å². The quantitative estimate of drug-likeness (QED) is 0.537. The molecule has 2 amide bonds. The van der Waals surface area contributed by atoms with Gasteiger partial charge in [0.2, 0.25) is 11.8 Å². The van der Waals surface area contributed by atoms with Crippen molar-refractivity contribution in [3.05, 3.63) is 12.7 Å². The molecule has 1 aliphatic rings. The monoisotopic (exact) mass is 168 g/mol. The molecule has 4 nitrogen and oxygen atoms in total. The van der Waals surface area contributed by atoms with E-state index in [1.807, 2.05) is 0 Å². The Morgan fingerprint density at radius 1 is 1.83 bits per heavy atom. The predicted molar refractivity (Wildman–Crippen MR) is 44.4 cm³/mol. The lowest BCUT2D eigenvalue weighted by atomic mass is 10.2. The predicted octanol–water partition coefficient (Wildman–Crippen LogP) is -0.481. The second-order valence-electron chi connectivity index (χ2n) is 2.70. The number of rotatable bonds is 1. The number of hydrogen-bond donors (Lipinski definition) is 1. The Hall–Kier alpha value is -1.32. The first kappa shape index (κ1) is 8.77. The molecule has 0 aromatic rings. The molecular weight excluding hydrogens is 156 g/mol. The van der Waals surface area contributed by atoms with E-state index in [2.05, 4.69) is 11.9 Å². The maximum Gasteiger partial charge on any atom is 0.246 e. The number of hydrogen-bond acceptors (Lipinski definition) is 2. The van der Waals surface area contributed by atoms with Gasteiger partial charge in [0.25, 0.3) is 0 Å². The number of piperazine rings is 1. The van der Waals surface area contributed by atoms with Crippen molar-refractivity contribution in [3.8, 4) is 0 Å². The molecule has 12 heavy (non-hydrogen) atoms. The Balaban J connectivity index is 2.69. The average molecular weight is 168 g/mol. The van der Waals surface area contributed by atoms with Gasteiger partial charge >= 0.3 is 0 Å². The van der Waals surface area contributed by atoms with Crippen LogP contribution in [0.15, 0.2) is 12.7 Å². The molecule has 0 unspecified atom stereocenters. The van der Waals surface area contributed by atoms with Gasteiger partial charge in [0.05, 0.1) is 0 Å². The summed E-state index contributed by atoms with van der Waals surface area (Å²) in [7, 11) is 0. The highest BCUT2D eigenvalue weighted by atomic mass is 16.2. The van der Waals surface area contributed by atoms with E-state index >= 15 is 0 Å². The van der Waals surface area contributed by atoms with Crippen LogP contribution in [0.1, 0.15) is 6.92 Å². The lowest BCUT2D eigenvalue weighted by Crippen LogP contribution is -2.55. The van der Waals surface area contributed by atoms with Crippen molar-refractivity contribution in [2.75, 3.05) is 13.1 Å². The molecule has 1 rings (SSSR count). The molecule has 0 radical (unpaired) electrons. The van der Waals surface area contributed by atoms with Gasteiger partial charge in [0.1, 0.15) is 6.04 Å². The molecule has 1 aliphatic heterocycles. The number of nitrogens with one attached hydrogen (secondary N) is 1. The molecule has 1 fully saturated rings. The van der Waals surface area contributed by atoms with Gasteiger partial charge in [-0.1, -0.05) is 6.58 Å². The minimum atomic E-state index is -0.371. The van der Waals surface area contributed by atoms with E-state index in [1.54, 1.807) is 6.92 Å². The zero-order valence-corrected chi connectivity index (χ0v) is 7.04. The van der Waals surface area contributed by atoms with Crippen LogP contribution < -0.4 is 5.32 Å². The summed E-state index contributed by atoms with van der Waals surface area (Å²) < 4.78 is 0. The maximum atomic E-state index is 11.2. The molecule has 0 aliphatic carbocycles. The molecule has 66 valence electrons. The average Bonchev–Trinajstić information content (AvgIpc) is 2.08. The van der Waals surface area contributed by atoms with E-state index in [9.17, 15) is 9.59 Å².